The van der Waals surface area contributed by atoms with Crippen molar-refractivity contribution in [1.29, 1.82) is 0 Å². The van der Waals surface area contributed by atoms with E-state index in [-0.39, 0.29) is 26.4 Å². The lowest BCUT2D eigenvalue weighted by Gasteiger charge is -2.10. The minimum Gasteiger partial charge on any atom is -0.280 e. The van der Waals surface area contributed by atoms with E-state index < -0.39 is 20.0 Å². The summed E-state index contributed by atoms with van der Waals surface area (Å²) in [6, 6.07) is 10.0. The Morgan fingerprint density at radius 2 is 1.57 bits per heavy atom. The van der Waals surface area contributed by atoms with Crippen molar-refractivity contribution in [2.24, 2.45) is 5.14 Å². The maximum atomic E-state index is 12.3. The Bertz CT molecular complexity index is 927. The number of hydrogen-bond donors (Lipinski definition) is 2. The maximum absolute atomic E-state index is 12.3. The van der Waals surface area contributed by atoms with Crippen molar-refractivity contribution in [3.05, 3.63) is 58.1 Å². The van der Waals surface area contributed by atoms with Gasteiger partial charge < -0.3 is 0 Å². The highest BCUT2D eigenvalue weighted by Crippen LogP contribution is 2.30. The van der Waals surface area contributed by atoms with Crippen molar-refractivity contribution in [1.82, 2.24) is 0 Å². The molecule has 0 heterocycles. The second-order valence-corrected chi connectivity index (χ2v) is 8.71. The van der Waals surface area contributed by atoms with Crippen LogP contribution in [-0.2, 0) is 25.8 Å². The Hall–Kier alpha value is -1.32. The zero-order chi connectivity index (χ0) is 17.3. The van der Waals surface area contributed by atoms with Crippen LogP contribution in [0.4, 0.5) is 5.69 Å². The summed E-state index contributed by atoms with van der Waals surface area (Å²) >= 11 is 11.7. The smallest absolute Gasteiger partial charge is 0.263 e. The van der Waals surface area contributed by atoms with Gasteiger partial charge in [-0.3, -0.25) is 4.72 Å². The van der Waals surface area contributed by atoms with Gasteiger partial charge in [-0.15, -0.1) is 0 Å². The molecule has 6 nitrogen and oxygen atoms in total. The third-order valence-electron chi connectivity index (χ3n) is 2.78. The lowest BCUT2D eigenvalue weighted by Crippen LogP contribution is -2.15. The predicted molar refractivity (Wildman–Crippen MR) is 90.5 cm³/mol. The van der Waals surface area contributed by atoms with E-state index in [1.54, 1.807) is 0 Å². The fraction of sp³-hybridized carbons (Fsp3) is 0.0769. The molecule has 0 bridgehead atoms. The van der Waals surface area contributed by atoms with Crippen LogP contribution in [0, 0.1) is 0 Å². The molecule has 2 rings (SSSR count). The van der Waals surface area contributed by atoms with Gasteiger partial charge in [-0.25, -0.2) is 22.0 Å². The van der Waals surface area contributed by atoms with Crippen LogP contribution in [0.2, 0.25) is 10.0 Å². The molecule has 10 heteroatoms. The molecule has 0 spiro atoms. The molecule has 0 amide bonds. The summed E-state index contributed by atoms with van der Waals surface area (Å²) < 4.78 is 49.0. The Morgan fingerprint density at radius 1 is 0.957 bits per heavy atom. The molecule has 23 heavy (non-hydrogen) atoms. The van der Waals surface area contributed by atoms with Gasteiger partial charge in [0.25, 0.3) is 10.0 Å². The summed E-state index contributed by atoms with van der Waals surface area (Å²) in [6.45, 7) is 0. The van der Waals surface area contributed by atoms with Crippen molar-refractivity contribution >= 4 is 48.9 Å². The van der Waals surface area contributed by atoms with E-state index in [0.717, 1.165) is 0 Å². The normalized spacial score (nSPS) is 12.1. The summed E-state index contributed by atoms with van der Waals surface area (Å²) in [5, 5.41) is 4.99. The molecule has 0 aromatic heterocycles. The third kappa shape index (κ3) is 4.82. The van der Waals surface area contributed by atoms with Crippen molar-refractivity contribution < 1.29 is 16.8 Å². The second kappa shape index (κ2) is 6.66. The van der Waals surface area contributed by atoms with Crippen LogP contribution in [0.5, 0.6) is 0 Å². The topological polar surface area (TPSA) is 106 Å². The number of rotatable bonds is 5. The minimum absolute atomic E-state index is 0.0764. The second-order valence-electron chi connectivity index (χ2n) is 4.66. The number of primary sulfonamides is 1. The summed E-state index contributed by atoms with van der Waals surface area (Å²) in [5.74, 6) is -0.333. The first-order valence-corrected chi connectivity index (χ1v) is 10.1. The summed E-state index contributed by atoms with van der Waals surface area (Å²) in [5.41, 5.74) is 0.690. The van der Waals surface area contributed by atoms with Gasteiger partial charge in [0.05, 0.1) is 15.8 Å². The van der Waals surface area contributed by atoms with Crippen molar-refractivity contribution in [2.45, 2.75) is 10.6 Å². The standard InChI is InChI=1S/C13H12Cl2N2O4S2/c14-11-2-1-3-12(13(11)15)23(20,21)17-10-6-4-9(5-7-10)8-22(16,18)19/h1-7,17H,8H2,(H2,16,18,19). The summed E-state index contributed by atoms with van der Waals surface area (Å²) in [7, 11) is -7.57. The number of benzene rings is 2. The van der Waals surface area contributed by atoms with Crippen molar-refractivity contribution in [3.63, 3.8) is 0 Å². The minimum atomic E-state index is -3.92. The average molecular weight is 395 g/mol. The molecule has 3 N–H and O–H groups in total. The molecule has 2 aromatic rings. The summed E-state index contributed by atoms with van der Waals surface area (Å²) in [4.78, 5) is -0.153. The van der Waals surface area contributed by atoms with Crippen LogP contribution in [0.25, 0.3) is 0 Å². The van der Waals surface area contributed by atoms with E-state index in [9.17, 15) is 16.8 Å². The zero-order valence-corrected chi connectivity index (χ0v) is 14.7. The van der Waals surface area contributed by atoms with E-state index in [2.05, 4.69) is 4.72 Å². The Labute approximate surface area is 144 Å². The molecule has 124 valence electrons. The van der Waals surface area contributed by atoms with Crippen LogP contribution in [0.1, 0.15) is 5.56 Å². The van der Waals surface area contributed by atoms with Gasteiger partial charge in [0.2, 0.25) is 10.0 Å². The molecule has 0 saturated carbocycles. The van der Waals surface area contributed by atoms with Gasteiger partial charge in [-0.1, -0.05) is 41.4 Å². The first-order chi connectivity index (χ1) is 10.6. The van der Waals surface area contributed by atoms with E-state index >= 15 is 0 Å². The highest BCUT2D eigenvalue weighted by molar-refractivity contribution is 7.92. The van der Waals surface area contributed by atoms with Gasteiger partial charge in [0.15, 0.2) is 0 Å². The van der Waals surface area contributed by atoms with Crippen molar-refractivity contribution in [3.8, 4) is 0 Å². The van der Waals surface area contributed by atoms with Gasteiger partial charge in [-0.2, -0.15) is 0 Å². The van der Waals surface area contributed by atoms with Crippen LogP contribution >= 0.6 is 23.2 Å². The van der Waals surface area contributed by atoms with Crippen LogP contribution in [-0.4, -0.2) is 16.8 Å². The molecule has 0 aliphatic carbocycles. The summed E-state index contributed by atoms with van der Waals surface area (Å²) in [6.07, 6.45) is 0. The Balaban J connectivity index is 2.26. The van der Waals surface area contributed by atoms with Crippen LogP contribution in [0.3, 0.4) is 0 Å². The van der Waals surface area contributed by atoms with Gasteiger partial charge in [0, 0.05) is 5.69 Å². The molecule has 0 unspecified atom stereocenters. The van der Waals surface area contributed by atoms with Gasteiger partial charge in [-0.05, 0) is 29.8 Å². The molecular formula is C13H12Cl2N2O4S2. The predicted octanol–water partition coefficient (Wildman–Crippen LogP) is 2.58. The molecule has 2 aromatic carbocycles. The van der Waals surface area contributed by atoms with E-state index in [4.69, 9.17) is 28.3 Å². The van der Waals surface area contributed by atoms with Gasteiger partial charge in [0.1, 0.15) is 4.90 Å². The molecule has 0 aliphatic heterocycles. The van der Waals surface area contributed by atoms with Crippen LogP contribution in [0.15, 0.2) is 47.4 Å². The molecule has 0 aliphatic rings. The van der Waals surface area contributed by atoms with E-state index in [1.807, 2.05) is 0 Å². The van der Waals surface area contributed by atoms with Crippen LogP contribution < -0.4 is 9.86 Å². The fourth-order valence-electron chi connectivity index (χ4n) is 1.80. The van der Waals surface area contributed by atoms with Crippen molar-refractivity contribution in [2.75, 3.05) is 4.72 Å². The molecular weight excluding hydrogens is 383 g/mol. The molecule has 0 saturated heterocycles. The van der Waals surface area contributed by atoms with E-state index in [0.29, 0.717) is 5.56 Å². The molecule has 0 atom stereocenters. The highest BCUT2D eigenvalue weighted by Gasteiger charge is 2.19. The fourth-order valence-corrected chi connectivity index (χ4v) is 4.28. The maximum Gasteiger partial charge on any atom is 0.263 e. The third-order valence-corrected chi connectivity index (χ3v) is 5.87. The van der Waals surface area contributed by atoms with E-state index in [1.165, 1.54) is 42.5 Å². The first-order valence-electron chi connectivity index (χ1n) is 6.15. The number of nitrogens with one attached hydrogen (secondary N) is 1. The number of halogens is 2. The Kier molecular flexibility index (Phi) is 5.22. The lowest BCUT2D eigenvalue weighted by molar-refractivity contribution is 0.596. The zero-order valence-electron chi connectivity index (χ0n) is 11.5. The number of nitrogens with two attached hydrogens (primary N) is 1. The lowest BCUT2D eigenvalue weighted by atomic mass is 10.2. The highest BCUT2D eigenvalue weighted by atomic mass is 35.5. The monoisotopic (exact) mass is 394 g/mol. The average Bonchev–Trinajstić information content (AvgIpc) is 2.42. The Morgan fingerprint density at radius 3 is 2.13 bits per heavy atom. The number of hydrogen-bond acceptors (Lipinski definition) is 4. The number of anilines is 1. The quantitative estimate of drug-likeness (QED) is 0.812. The first kappa shape index (κ1) is 18.0. The molecule has 0 fully saturated rings. The number of sulfonamides is 2. The molecule has 0 radical (unpaired) electrons. The van der Waals surface area contributed by atoms with Gasteiger partial charge >= 0.3 is 0 Å². The SMILES string of the molecule is NS(=O)(=O)Cc1ccc(NS(=O)(=O)c2cccc(Cl)c2Cl)cc1. The largest absolute Gasteiger partial charge is 0.280 e.